The van der Waals surface area contributed by atoms with Crippen LogP contribution in [0.2, 0.25) is 0 Å². The van der Waals surface area contributed by atoms with Gasteiger partial charge < -0.3 is 10.2 Å². The lowest BCUT2D eigenvalue weighted by Crippen LogP contribution is -2.42. The van der Waals surface area contributed by atoms with Gasteiger partial charge in [-0.1, -0.05) is 13.5 Å². The van der Waals surface area contributed by atoms with Crippen molar-refractivity contribution < 1.29 is 0 Å². The van der Waals surface area contributed by atoms with Crippen molar-refractivity contribution in [2.75, 3.05) is 46.3 Å². The van der Waals surface area contributed by atoms with Gasteiger partial charge in [-0.25, -0.2) is 0 Å². The molecule has 2 aliphatic heterocycles. The lowest BCUT2D eigenvalue weighted by atomic mass is 9.93. The van der Waals surface area contributed by atoms with Crippen molar-refractivity contribution in [3.05, 3.63) is 12.3 Å². The van der Waals surface area contributed by atoms with Gasteiger partial charge in [-0.15, -0.1) is 0 Å². The first-order chi connectivity index (χ1) is 9.17. The van der Waals surface area contributed by atoms with Gasteiger partial charge in [-0.05, 0) is 63.7 Å². The van der Waals surface area contributed by atoms with E-state index in [1.165, 1.54) is 58.4 Å². The Morgan fingerprint density at radius 2 is 1.63 bits per heavy atom. The van der Waals surface area contributed by atoms with Crippen LogP contribution in [0.15, 0.2) is 12.3 Å². The third-order valence-corrected chi connectivity index (χ3v) is 4.87. The number of hydrogen-bond donors (Lipinski definition) is 1. The van der Waals surface area contributed by atoms with Crippen LogP contribution >= 0.6 is 0 Å². The second-order valence-electron chi connectivity index (χ2n) is 6.56. The smallest absolute Gasteiger partial charge is 0.0375 e. The number of rotatable bonds is 5. The van der Waals surface area contributed by atoms with E-state index < -0.39 is 0 Å². The van der Waals surface area contributed by atoms with Crippen molar-refractivity contribution >= 4 is 0 Å². The highest BCUT2D eigenvalue weighted by Crippen LogP contribution is 2.22. The summed E-state index contributed by atoms with van der Waals surface area (Å²) in [6.45, 7) is 13.9. The Hall–Kier alpha value is -0.540. The minimum absolute atomic E-state index is 0.924. The van der Waals surface area contributed by atoms with Crippen molar-refractivity contribution in [1.29, 1.82) is 0 Å². The zero-order chi connectivity index (χ0) is 13.7. The van der Waals surface area contributed by atoms with Crippen molar-refractivity contribution in [1.82, 2.24) is 15.1 Å². The first-order valence-corrected chi connectivity index (χ1v) is 7.97. The van der Waals surface area contributed by atoms with Gasteiger partial charge in [-0.3, -0.25) is 4.90 Å². The summed E-state index contributed by atoms with van der Waals surface area (Å²) in [4.78, 5) is 5.24. The van der Waals surface area contributed by atoms with Crippen molar-refractivity contribution in [2.45, 2.75) is 32.6 Å². The van der Waals surface area contributed by atoms with Crippen LogP contribution in [0, 0.1) is 11.8 Å². The van der Waals surface area contributed by atoms with Gasteiger partial charge in [0.2, 0.25) is 0 Å². The molecule has 0 aliphatic carbocycles. The molecule has 0 atom stereocenters. The molecule has 0 bridgehead atoms. The molecule has 110 valence electrons. The Morgan fingerprint density at radius 1 is 1.05 bits per heavy atom. The molecule has 0 aromatic heterocycles. The Morgan fingerprint density at radius 3 is 2.21 bits per heavy atom. The third kappa shape index (κ3) is 4.81. The standard InChI is InChI=1S/C16H31N3/c1-14-4-8-19(9-5-14)13-16-6-10-18(11-7-16)12-15(2)17-3/h14,16-17H,2,4-13H2,1,3H3. The van der Waals surface area contributed by atoms with E-state index in [1.54, 1.807) is 0 Å². The van der Waals surface area contributed by atoms with Gasteiger partial charge in [0.25, 0.3) is 0 Å². The van der Waals surface area contributed by atoms with E-state index in [9.17, 15) is 0 Å². The molecule has 0 aromatic rings. The quantitative estimate of drug-likeness (QED) is 0.822. The van der Waals surface area contributed by atoms with Gasteiger partial charge in [0.05, 0.1) is 0 Å². The first-order valence-electron chi connectivity index (χ1n) is 7.97. The predicted octanol–water partition coefficient (Wildman–Crippen LogP) is 2.16. The van der Waals surface area contributed by atoms with E-state index in [1.807, 2.05) is 7.05 Å². The van der Waals surface area contributed by atoms with Gasteiger partial charge in [0.15, 0.2) is 0 Å². The average molecular weight is 265 g/mol. The number of hydrogen-bond acceptors (Lipinski definition) is 3. The zero-order valence-electron chi connectivity index (χ0n) is 12.8. The second kappa shape index (κ2) is 7.30. The van der Waals surface area contributed by atoms with Gasteiger partial charge in [-0.2, -0.15) is 0 Å². The number of likely N-dealkylation sites (tertiary alicyclic amines) is 2. The fourth-order valence-corrected chi connectivity index (χ4v) is 3.29. The lowest BCUT2D eigenvalue weighted by molar-refractivity contribution is 0.124. The van der Waals surface area contributed by atoms with Crippen LogP contribution < -0.4 is 5.32 Å². The third-order valence-electron chi connectivity index (χ3n) is 4.87. The summed E-state index contributed by atoms with van der Waals surface area (Å²) >= 11 is 0. The van der Waals surface area contributed by atoms with Gasteiger partial charge in [0.1, 0.15) is 0 Å². The lowest BCUT2D eigenvalue weighted by Gasteiger charge is -2.37. The van der Waals surface area contributed by atoms with Crippen LogP contribution in [-0.2, 0) is 0 Å². The molecule has 0 radical (unpaired) electrons. The fraction of sp³-hybridized carbons (Fsp3) is 0.875. The summed E-state index contributed by atoms with van der Waals surface area (Å²) < 4.78 is 0. The molecule has 2 fully saturated rings. The number of piperidine rings is 2. The van der Waals surface area contributed by atoms with Gasteiger partial charge in [0, 0.05) is 25.8 Å². The normalized spacial score (nSPS) is 24.5. The van der Waals surface area contributed by atoms with Crippen LogP contribution in [0.5, 0.6) is 0 Å². The maximum Gasteiger partial charge on any atom is 0.0375 e. The molecule has 0 saturated carbocycles. The summed E-state index contributed by atoms with van der Waals surface area (Å²) in [5, 5.41) is 3.15. The van der Waals surface area contributed by atoms with E-state index in [0.29, 0.717) is 0 Å². The van der Waals surface area contributed by atoms with Crippen LogP contribution in [0.3, 0.4) is 0 Å². The SMILES string of the molecule is C=C(CN1CCC(CN2CCC(C)CC2)CC1)NC. The van der Waals surface area contributed by atoms with E-state index >= 15 is 0 Å². The highest BCUT2D eigenvalue weighted by Gasteiger charge is 2.23. The topological polar surface area (TPSA) is 18.5 Å². The van der Waals surface area contributed by atoms with Crippen LogP contribution in [0.1, 0.15) is 32.6 Å². The second-order valence-corrected chi connectivity index (χ2v) is 6.56. The van der Waals surface area contributed by atoms with Crippen LogP contribution in [-0.4, -0.2) is 56.1 Å². The number of nitrogens with one attached hydrogen (secondary N) is 1. The van der Waals surface area contributed by atoms with E-state index in [-0.39, 0.29) is 0 Å². The highest BCUT2D eigenvalue weighted by molar-refractivity contribution is 4.94. The van der Waals surface area contributed by atoms with E-state index in [0.717, 1.165) is 24.1 Å². The van der Waals surface area contributed by atoms with Crippen molar-refractivity contribution in [3.8, 4) is 0 Å². The summed E-state index contributed by atoms with van der Waals surface area (Å²) in [7, 11) is 1.96. The van der Waals surface area contributed by atoms with E-state index in [4.69, 9.17) is 0 Å². The minimum Gasteiger partial charge on any atom is -0.391 e. The molecule has 1 N–H and O–H groups in total. The average Bonchev–Trinajstić information content (AvgIpc) is 2.43. The monoisotopic (exact) mass is 265 g/mol. The first kappa shape index (κ1) is 14.9. The Labute approximate surface area is 119 Å². The molecular weight excluding hydrogens is 234 g/mol. The van der Waals surface area contributed by atoms with E-state index in [2.05, 4.69) is 28.6 Å². The molecule has 0 unspecified atom stereocenters. The molecule has 3 nitrogen and oxygen atoms in total. The molecule has 0 amide bonds. The van der Waals surface area contributed by atoms with Crippen molar-refractivity contribution in [3.63, 3.8) is 0 Å². The summed E-state index contributed by atoms with van der Waals surface area (Å²) in [6.07, 6.45) is 5.54. The Kier molecular flexibility index (Phi) is 5.71. The Bertz CT molecular complexity index is 274. The minimum atomic E-state index is 0.924. The summed E-state index contributed by atoms with van der Waals surface area (Å²) in [6, 6.07) is 0. The highest BCUT2D eigenvalue weighted by atomic mass is 15.2. The molecule has 0 spiro atoms. The van der Waals surface area contributed by atoms with Gasteiger partial charge >= 0.3 is 0 Å². The molecule has 19 heavy (non-hydrogen) atoms. The van der Waals surface area contributed by atoms with Crippen molar-refractivity contribution in [2.24, 2.45) is 11.8 Å². The summed E-state index contributed by atoms with van der Waals surface area (Å²) in [5.41, 5.74) is 1.14. The molecule has 2 rings (SSSR count). The largest absolute Gasteiger partial charge is 0.391 e. The maximum atomic E-state index is 4.03. The zero-order valence-corrected chi connectivity index (χ0v) is 12.8. The summed E-state index contributed by atoms with van der Waals surface area (Å²) in [5.74, 6) is 1.87. The molecule has 3 heteroatoms. The number of nitrogens with zero attached hydrogens (tertiary/aromatic N) is 2. The molecular formula is C16H31N3. The fourth-order valence-electron chi connectivity index (χ4n) is 3.29. The molecule has 2 aliphatic rings. The predicted molar refractivity (Wildman–Crippen MR) is 82.2 cm³/mol. The molecule has 2 heterocycles. The van der Waals surface area contributed by atoms with Crippen LogP contribution in [0.4, 0.5) is 0 Å². The molecule has 0 aromatic carbocycles. The maximum absolute atomic E-state index is 4.03. The Balaban J connectivity index is 1.64. The molecule has 2 saturated heterocycles. The number of likely N-dealkylation sites (N-methyl/N-ethyl adjacent to an activating group) is 1. The van der Waals surface area contributed by atoms with Crippen LogP contribution in [0.25, 0.3) is 0 Å².